The molecule has 0 bridgehead atoms. The number of rotatable bonds is 4. The summed E-state index contributed by atoms with van der Waals surface area (Å²) in [6, 6.07) is 0. The van der Waals surface area contributed by atoms with Crippen LogP contribution in [0.4, 0.5) is 8.78 Å². The van der Waals surface area contributed by atoms with E-state index in [1.54, 1.807) is 0 Å². The van der Waals surface area contributed by atoms with E-state index in [4.69, 9.17) is 5.11 Å². The molecule has 0 saturated carbocycles. The normalized spacial score (nSPS) is 11.0. The van der Waals surface area contributed by atoms with Gasteiger partial charge in [0.15, 0.2) is 0 Å². The summed E-state index contributed by atoms with van der Waals surface area (Å²) in [5.41, 5.74) is 0. The first-order chi connectivity index (χ1) is 4.50. The van der Waals surface area contributed by atoms with Crippen molar-refractivity contribution in [3.8, 4) is 0 Å². The summed E-state index contributed by atoms with van der Waals surface area (Å²) in [4.78, 5) is 18.9. The minimum absolute atomic E-state index is 0.681. The van der Waals surface area contributed by atoms with Crippen LogP contribution >= 0.6 is 0 Å². The van der Waals surface area contributed by atoms with Gasteiger partial charge in [-0.1, -0.05) is 5.18 Å². The maximum atomic E-state index is 11.9. The zero-order chi connectivity index (χ0) is 8.20. The molecule has 0 aromatic rings. The molecule has 0 fully saturated rings. The molecule has 1 N–H and O–H groups in total. The van der Waals surface area contributed by atoms with Crippen molar-refractivity contribution in [1.29, 1.82) is 0 Å². The molecule has 0 aliphatic carbocycles. The van der Waals surface area contributed by atoms with Gasteiger partial charge in [0.05, 0.1) is 6.54 Å². The number of nitroso groups, excluding NO2 is 1. The highest BCUT2D eigenvalue weighted by Gasteiger charge is 2.38. The monoisotopic (exact) mass is 153 g/mol. The smallest absolute Gasteiger partial charge is 0.374 e. The second-order valence-corrected chi connectivity index (χ2v) is 1.61. The van der Waals surface area contributed by atoms with Crippen LogP contribution in [0.15, 0.2) is 5.18 Å². The van der Waals surface area contributed by atoms with Gasteiger partial charge in [-0.15, -0.1) is 0 Å². The molecule has 10 heavy (non-hydrogen) atoms. The molecule has 0 spiro atoms. The molecular formula is C4H5F2NO3. The minimum atomic E-state index is -3.83. The molecule has 4 nitrogen and oxygen atoms in total. The van der Waals surface area contributed by atoms with Gasteiger partial charge < -0.3 is 5.11 Å². The lowest BCUT2D eigenvalue weighted by atomic mass is 10.2. The number of aliphatic carboxylic acids is 1. The van der Waals surface area contributed by atoms with Gasteiger partial charge in [0, 0.05) is 6.42 Å². The predicted molar refractivity (Wildman–Crippen MR) is 27.9 cm³/mol. The minimum Gasteiger partial charge on any atom is -0.477 e. The Bertz CT molecular complexity index is 147. The van der Waals surface area contributed by atoms with Crippen molar-refractivity contribution in [3.05, 3.63) is 4.91 Å². The summed E-state index contributed by atoms with van der Waals surface area (Å²) in [5, 5.41) is 9.88. The molecule has 0 aromatic heterocycles. The Labute approximate surface area is 54.8 Å². The van der Waals surface area contributed by atoms with Crippen LogP contribution in [0.1, 0.15) is 6.42 Å². The molecular weight excluding hydrogens is 148 g/mol. The highest BCUT2D eigenvalue weighted by Crippen LogP contribution is 2.17. The van der Waals surface area contributed by atoms with Gasteiger partial charge >= 0.3 is 11.9 Å². The Hall–Kier alpha value is -1.07. The van der Waals surface area contributed by atoms with E-state index in [1.165, 1.54) is 0 Å². The van der Waals surface area contributed by atoms with Crippen molar-refractivity contribution in [3.63, 3.8) is 0 Å². The van der Waals surface area contributed by atoms with Crippen LogP contribution in [0.25, 0.3) is 0 Å². The van der Waals surface area contributed by atoms with E-state index in [0.29, 0.717) is 0 Å². The van der Waals surface area contributed by atoms with Gasteiger partial charge in [0.25, 0.3) is 0 Å². The summed E-state index contributed by atoms with van der Waals surface area (Å²) in [7, 11) is 0. The van der Waals surface area contributed by atoms with Crippen molar-refractivity contribution in [2.75, 3.05) is 6.54 Å². The van der Waals surface area contributed by atoms with E-state index < -0.39 is 24.9 Å². The highest BCUT2D eigenvalue weighted by molar-refractivity contribution is 5.75. The van der Waals surface area contributed by atoms with Crippen LogP contribution in [0.3, 0.4) is 0 Å². The first-order valence-corrected chi connectivity index (χ1v) is 2.41. The van der Waals surface area contributed by atoms with Gasteiger partial charge in [-0.25, -0.2) is 4.79 Å². The van der Waals surface area contributed by atoms with Crippen molar-refractivity contribution < 1.29 is 18.7 Å². The molecule has 0 aliphatic rings. The lowest BCUT2D eigenvalue weighted by molar-refractivity contribution is -0.165. The molecule has 0 amide bonds. The molecule has 6 heteroatoms. The van der Waals surface area contributed by atoms with Crippen molar-refractivity contribution >= 4 is 5.97 Å². The van der Waals surface area contributed by atoms with Crippen molar-refractivity contribution in [2.24, 2.45) is 5.18 Å². The number of carboxylic acid groups (broad SMARTS) is 1. The fraction of sp³-hybridized carbons (Fsp3) is 0.750. The Kier molecular flexibility index (Phi) is 2.85. The standard InChI is InChI=1S/C4H5F2NO3/c5-4(6,3(8)9)1-2-7-10/h1-2H2,(H,8,9). The molecule has 0 unspecified atom stereocenters. The maximum Gasteiger partial charge on any atom is 0.374 e. The number of carbonyl (C=O) groups is 1. The first kappa shape index (κ1) is 8.93. The fourth-order valence-electron chi connectivity index (χ4n) is 0.293. The summed E-state index contributed by atoms with van der Waals surface area (Å²) < 4.78 is 23.9. The number of alkyl halides is 2. The molecule has 0 saturated heterocycles. The summed E-state index contributed by atoms with van der Waals surface area (Å²) in [6.07, 6.45) is -1.04. The first-order valence-electron chi connectivity index (χ1n) is 2.41. The Morgan fingerprint density at radius 3 is 2.40 bits per heavy atom. The number of nitrogens with zero attached hydrogens (tertiary/aromatic N) is 1. The van der Waals surface area contributed by atoms with E-state index in [1.807, 2.05) is 0 Å². The zero-order valence-corrected chi connectivity index (χ0v) is 4.88. The van der Waals surface area contributed by atoms with Crippen LogP contribution in [0.2, 0.25) is 0 Å². The second kappa shape index (κ2) is 3.19. The second-order valence-electron chi connectivity index (χ2n) is 1.61. The number of halogens is 2. The zero-order valence-electron chi connectivity index (χ0n) is 4.88. The van der Waals surface area contributed by atoms with E-state index in [9.17, 15) is 18.5 Å². The van der Waals surface area contributed by atoms with Crippen LogP contribution in [0.5, 0.6) is 0 Å². The van der Waals surface area contributed by atoms with Crippen molar-refractivity contribution in [2.45, 2.75) is 12.3 Å². The largest absolute Gasteiger partial charge is 0.477 e. The van der Waals surface area contributed by atoms with Crippen LogP contribution in [0, 0.1) is 4.91 Å². The summed E-state index contributed by atoms with van der Waals surface area (Å²) in [6.45, 7) is -0.681. The van der Waals surface area contributed by atoms with Gasteiger partial charge in [0.2, 0.25) is 0 Å². The number of carboxylic acids is 1. The molecule has 0 aromatic carbocycles. The summed E-state index contributed by atoms with van der Waals surface area (Å²) in [5.74, 6) is -6.05. The molecule has 0 radical (unpaired) electrons. The topological polar surface area (TPSA) is 66.7 Å². The lowest BCUT2D eigenvalue weighted by Crippen LogP contribution is -2.28. The van der Waals surface area contributed by atoms with Crippen LogP contribution in [-0.2, 0) is 4.79 Å². The Morgan fingerprint density at radius 2 is 2.10 bits per heavy atom. The van der Waals surface area contributed by atoms with Gasteiger partial charge in [-0.2, -0.15) is 13.7 Å². The van der Waals surface area contributed by atoms with Crippen molar-refractivity contribution in [1.82, 2.24) is 0 Å². The quantitative estimate of drug-likeness (QED) is 0.609. The van der Waals surface area contributed by atoms with E-state index in [-0.39, 0.29) is 0 Å². The third kappa shape index (κ3) is 2.47. The molecule has 58 valence electrons. The molecule has 0 atom stereocenters. The fourth-order valence-corrected chi connectivity index (χ4v) is 0.293. The van der Waals surface area contributed by atoms with Gasteiger partial charge in [-0.05, 0) is 0 Å². The number of hydrogen-bond acceptors (Lipinski definition) is 3. The number of hydrogen-bond donors (Lipinski definition) is 1. The summed E-state index contributed by atoms with van der Waals surface area (Å²) >= 11 is 0. The lowest BCUT2D eigenvalue weighted by Gasteiger charge is -2.06. The average molecular weight is 153 g/mol. The van der Waals surface area contributed by atoms with E-state index in [2.05, 4.69) is 5.18 Å². The molecule has 0 heterocycles. The Balaban J connectivity index is 3.86. The SMILES string of the molecule is O=NCCC(F)(F)C(=O)O. The van der Waals surface area contributed by atoms with Gasteiger partial charge in [0.1, 0.15) is 0 Å². The van der Waals surface area contributed by atoms with Crippen LogP contribution in [-0.4, -0.2) is 23.5 Å². The Morgan fingerprint density at radius 1 is 1.60 bits per heavy atom. The molecule has 0 rings (SSSR count). The molecule has 0 aliphatic heterocycles. The van der Waals surface area contributed by atoms with E-state index >= 15 is 0 Å². The highest BCUT2D eigenvalue weighted by atomic mass is 19.3. The third-order valence-corrected chi connectivity index (χ3v) is 0.830. The maximum absolute atomic E-state index is 11.9. The predicted octanol–water partition coefficient (Wildman–Crippen LogP) is 0.863. The third-order valence-electron chi connectivity index (χ3n) is 0.830. The van der Waals surface area contributed by atoms with Crippen LogP contribution < -0.4 is 0 Å². The van der Waals surface area contributed by atoms with E-state index in [0.717, 1.165) is 0 Å². The van der Waals surface area contributed by atoms with Gasteiger partial charge in [-0.3, -0.25) is 0 Å². The average Bonchev–Trinajstić information content (AvgIpc) is 1.84.